The van der Waals surface area contributed by atoms with Gasteiger partial charge in [0, 0.05) is 13.0 Å². The number of aromatic nitrogens is 4. The third-order valence-electron chi connectivity index (χ3n) is 4.54. The quantitative estimate of drug-likeness (QED) is 0.715. The van der Waals surface area contributed by atoms with Gasteiger partial charge in [0.1, 0.15) is 0 Å². The van der Waals surface area contributed by atoms with Crippen molar-refractivity contribution in [3.05, 3.63) is 36.2 Å². The van der Waals surface area contributed by atoms with Crippen molar-refractivity contribution < 1.29 is 9.53 Å². The molecule has 1 aliphatic rings. The minimum atomic E-state index is -0.0554. The molecule has 0 bridgehead atoms. The molecule has 0 N–H and O–H groups in total. The lowest BCUT2D eigenvalue weighted by Crippen LogP contribution is -2.40. The highest BCUT2D eigenvalue weighted by molar-refractivity contribution is 5.72. The summed E-state index contributed by atoms with van der Waals surface area (Å²) >= 11 is 0. The fourth-order valence-corrected chi connectivity index (χ4v) is 3.30. The van der Waals surface area contributed by atoms with Crippen LogP contribution in [0.4, 0.5) is 0 Å². The Kier molecular flexibility index (Phi) is 6.11. The van der Waals surface area contributed by atoms with Gasteiger partial charge in [-0.3, -0.25) is 4.79 Å². The number of hydrogen-bond acceptors (Lipinski definition) is 6. The van der Waals surface area contributed by atoms with E-state index in [1.807, 2.05) is 37.3 Å². The molecule has 0 saturated carbocycles. The topological polar surface area (TPSA) is 73.1 Å². The maximum Gasteiger partial charge on any atom is 0.310 e. The Morgan fingerprint density at radius 3 is 2.96 bits per heavy atom. The summed E-state index contributed by atoms with van der Waals surface area (Å²) < 4.78 is 6.95. The van der Waals surface area contributed by atoms with Crippen molar-refractivity contribution in [3.8, 4) is 5.69 Å². The summed E-state index contributed by atoms with van der Waals surface area (Å²) in [4.78, 5) is 14.3. The minimum Gasteiger partial charge on any atom is -0.466 e. The van der Waals surface area contributed by atoms with Crippen LogP contribution in [0.2, 0.25) is 0 Å². The number of esters is 1. The minimum absolute atomic E-state index is 0.0170. The Bertz CT molecular complexity index is 673. The average molecular weight is 343 g/mol. The number of rotatable bonds is 7. The second-order valence-electron chi connectivity index (χ2n) is 6.34. The van der Waals surface area contributed by atoms with Crippen LogP contribution in [0, 0.1) is 5.92 Å². The number of aryl methyl sites for hydroxylation is 1. The molecule has 1 aliphatic heterocycles. The third kappa shape index (κ3) is 4.63. The predicted molar refractivity (Wildman–Crippen MR) is 93.3 cm³/mol. The molecule has 0 aliphatic carbocycles. The molecule has 7 nitrogen and oxygen atoms in total. The number of tetrazole rings is 1. The van der Waals surface area contributed by atoms with Crippen LogP contribution in [0.15, 0.2) is 30.3 Å². The van der Waals surface area contributed by atoms with E-state index < -0.39 is 0 Å². The van der Waals surface area contributed by atoms with Crippen molar-refractivity contribution in [2.45, 2.75) is 32.6 Å². The standard InChI is InChI=1S/C18H25N5O2/c1-2-25-18(24)15-8-6-12-22(14-15)13-7-11-17-19-20-21-23(17)16-9-4-3-5-10-16/h3-5,9-10,15H,2,6-8,11-14H2,1H3. The van der Waals surface area contributed by atoms with Crippen LogP contribution in [0.25, 0.3) is 5.69 Å². The molecule has 1 atom stereocenters. The highest BCUT2D eigenvalue weighted by Gasteiger charge is 2.26. The molecule has 25 heavy (non-hydrogen) atoms. The lowest BCUT2D eigenvalue weighted by atomic mass is 9.98. The van der Waals surface area contributed by atoms with Gasteiger partial charge in [-0.2, -0.15) is 4.68 Å². The molecule has 1 aromatic heterocycles. The van der Waals surface area contributed by atoms with Crippen LogP contribution < -0.4 is 0 Å². The first-order valence-electron chi connectivity index (χ1n) is 8.99. The van der Waals surface area contributed by atoms with Gasteiger partial charge in [0.25, 0.3) is 0 Å². The second-order valence-corrected chi connectivity index (χ2v) is 6.34. The average Bonchev–Trinajstić information content (AvgIpc) is 3.11. The Balaban J connectivity index is 1.50. The molecule has 134 valence electrons. The first kappa shape index (κ1) is 17.5. The van der Waals surface area contributed by atoms with E-state index in [4.69, 9.17) is 4.74 Å². The van der Waals surface area contributed by atoms with Crippen molar-refractivity contribution >= 4 is 5.97 Å². The molecule has 1 saturated heterocycles. The van der Waals surface area contributed by atoms with Crippen molar-refractivity contribution in [2.75, 3.05) is 26.2 Å². The fourth-order valence-electron chi connectivity index (χ4n) is 3.30. The maximum absolute atomic E-state index is 11.9. The summed E-state index contributed by atoms with van der Waals surface area (Å²) in [5.74, 6) is 0.828. The number of para-hydroxylation sites is 1. The smallest absolute Gasteiger partial charge is 0.310 e. The van der Waals surface area contributed by atoms with Crippen LogP contribution in [-0.4, -0.2) is 57.3 Å². The van der Waals surface area contributed by atoms with E-state index in [-0.39, 0.29) is 11.9 Å². The maximum atomic E-state index is 11.9. The summed E-state index contributed by atoms with van der Waals surface area (Å²) in [5.41, 5.74) is 0.975. The number of carbonyl (C=O) groups excluding carboxylic acids is 1. The van der Waals surface area contributed by atoms with Crippen LogP contribution >= 0.6 is 0 Å². The molecule has 0 radical (unpaired) electrons. The Hall–Kier alpha value is -2.28. The zero-order chi connectivity index (χ0) is 17.5. The van der Waals surface area contributed by atoms with E-state index in [1.54, 1.807) is 4.68 Å². The van der Waals surface area contributed by atoms with Crippen LogP contribution in [0.1, 0.15) is 32.0 Å². The Labute approximate surface area is 148 Å². The number of hydrogen-bond donors (Lipinski definition) is 0. The van der Waals surface area contributed by atoms with Gasteiger partial charge < -0.3 is 9.64 Å². The van der Waals surface area contributed by atoms with Gasteiger partial charge in [0.2, 0.25) is 0 Å². The summed E-state index contributed by atoms with van der Waals surface area (Å²) in [6.45, 7) is 5.09. The fraction of sp³-hybridized carbons (Fsp3) is 0.556. The normalized spacial score (nSPS) is 18.2. The molecular formula is C18H25N5O2. The number of benzene rings is 1. The largest absolute Gasteiger partial charge is 0.466 e. The molecule has 2 heterocycles. The first-order chi connectivity index (χ1) is 12.3. The molecular weight excluding hydrogens is 318 g/mol. The van der Waals surface area contributed by atoms with E-state index in [0.29, 0.717) is 6.61 Å². The Morgan fingerprint density at radius 2 is 2.16 bits per heavy atom. The monoisotopic (exact) mass is 343 g/mol. The van der Waals surface area contributed by atoms with Crippen molar-refractivity contribution in [1.29, 1.82) is 0 Å². The van der Waals surface area contributed by atoms with E-state index in [0.717, 1.165) is 56.8 Å². The zero-order valence-corrected chi connectivity index (χ0v) is 14.7. The molecule has 3 rings (SSSR count). The number of carbonyl (C=O) groups is 1. The molecule has 1 aromatic carbocycles. The predicted octanol–water partition coefficient (Wildman–Crippen LogP) is 1.87. The van der Waals surface area contributed by atoms with Crippen molar-refractivity contribution in [2.24, 2.45) is 5.92 Å². The second kappa shape index (κ2) is 8.71. The molecule has 7 heteroatoms. The highest BCUT2D eigenvalue weighted by atomic mass is 16.5. The SMILES string of the molecule is CCOC(=O)C1CCCN(CCCc2nnnn2-c2ccccc2)C1. The van der Waals surface area contributed by atoms with Gasteiger partial charge in [-0.25, -0.2) is 0 Å². The summed E-state index contributed by atoms with van der Waals surface area (Å²) in [6, 6.07) is 9.92. The van der Waals surface area contributed by atoms with Gasteiger partial charge in [-0.05, 0) is 61.8 Å². The van der Waals surface area contributed by atoms with Gasteiger partial charge in [-0.15, -0.1) is 5.10 Å². The number of likely N-dealkylation sites (tertiary alicyclic amines) is 1. The first-order valence-corrected chi connectivity index (χ1v) is 8.99. The molecule has 0 spiro atoms. The Morgan fingerprint density at radius 1 is 1.32 bits per heavy atom. The zero-order valence-electron chi connectivity index (χ0n) is 14.7. The van der Waals surface area contributed by atoms with E-state index in [2.05, 4.69) is 20.4 Å². The lowest BCUT2D eigenvalue weighted by molar-refractivity contribution is -0.149. The van der Waals surface area contributed by atoms with Crippen molar-refractivity contribution in [1.82, 2.24) is 25.1 Å². The summed E-state index contributed by atoms with van der Waals surface area (Å²) in [6.07, 6.45) is 3.75. The van der Waals surface area contributed by atoms with E-state index in [9.17, 15) is 4.79 Å². The van der Waals surface area contributed by atoms with Crippen LogP contribution in [0.5, 0.6) is 0 Å². The van der Waals surface area contributed by atoms with Crippen LogP contribution in [0.3, 0.4) is 0 Å². The van der Waals surface area contributed by atoms with Gasteiger partial charge in [0.15, 0.2) is 5.82 Å². The van der Waals surface area contributed by atoms with Gasteiger partial charge in [0.05, 0.1) is 18.2 Å². The van der Waals surface area contributed by atoms with E-state index >= 15 is 0 Å². The van der Waals surface area contributed by atoms with Gasteiger partial charge in [-0.1, -0.05) is 18.2 Å². The number of nitrogens with zero attached hydrogens (tertiary/aromatic N) is 5. The summed E-state index contributed by atoms with van der Waals surface area (Å²) in [7, 11) is 0. The molecule has 2 aromatic rings. The van der Waals surface area contributed by atoms with Crippen molar-refractivity contribution in [3.63, 3.8) is 0 Å². The lowest BCUT2D eigenvalue weighted by Gasteiger charge is -2.31. The number of ether oxygens (including phenoxy) is 1. The number of piperidine rings is 1. The molecule has 1 unspecified atom stereocenters. The third-order valence-corrected chi connectivity index (χ3v) is 4.54. The van der Waals surface area contributed by atoms with E-state index in [1.165, 1.54) is 0 Å². The molecule has 1 fully saturated rings. The highest BCUT2D eigenvalue weighted by Crippen LogP contribution is 2.18. The summed E-state index contributed by atoms with van der Waals surface area (Å²) in [5, 5.41) is 12.0. The molecule has 0 amide bonds. The van der Waals surface area contributed by atoms with Crippen LogP contribution in [-0.2, 0) is 16.0 Å². The van der Waals surface area contributed by atoms with Gasteiger partial charge >= 0.3 is 5.97 Å².